The van der Waals surface area contributed by atoms with Crippen molar-refractivity contribution in [3.8, 4) is 0 Å². The Bertz CT molecular complexity index is 409. The van der Waals surface area contributed by atoms with Gasteiger partial charge in [0.2, 0.25) is 11.0 Å². The van der Waals surface area contributed by atoms with Crippen molar-refractivity contribution in [1.29, 1.82) is 0 Å². The molecule has 114 valence electrons. The topological polar surface area (TPSA) is 66.9 Å². The van der Waals surface area contributed by atoms with Gasteiger partial charge in [0.25, 0.3) is 0 Å². The van der Waals surface area contributed by atoms with Crippen LogP contribution in [0.3, 0.4) is 0 Å². The van der Waals surface area contributed by atoms with E-state index in [1.165, 1.54) is 23.1 Å². The molecule has 1 amide bonds. The third kappa shape index (κ3) is 6.56. The molecule has 1 atom stereocenters. The summed E-state index contributed by atoms with van der Waals surface area (Å²) in [6, 6.07) is 0.198. The van der Waals surface area contributed by atoms with Crippen molar-refractivity contribution < 1.29 is 4.79 Å². The molecule has 0 aromatic carbocycles. The molecule has 20 heavy (non-hydrogen) atoms. The Kier molecular flexibility index (Phi) is 7.91. The molecule has 1 aromatic rings. The fourth-order valence-corrected chi connectivity index (χ4v) is 2.89. The van der Waals surface area contributed by atoms with Gasteiger partial charge in [-0.15, -0.1) is 10.2 Å². The van der Waals surface area contributed by atoms with Crippen molar-refractivity contribution in [2.75, 3.05) is 17.6 Å². The van der Waals surface area contributed by atoms with E-state index in [0.29, 0.717) is 11.7 Å². The van der Waals surface area contributed by atoms with E-state index in [2.05, 4.69) is 41.6 Å². The Morgan fingerprint density at radius 3 is 2.75 bits per heavy atom. The fourth-order valence-electron chi connectivity index (χ4n) is 1.30. The molecule has 1 aromatic heterocycles. The minimum Gasteiger partial charge on any atom is -0.360 e. The SMILES string of the molecule is CCCCNc1nnc(SCC(=O)NC(C)C(C)C)s1. The summed E-state index contributed by atoms with van der Waals surface area (Å²) in [5.74, 6) is 0.882. The predicted molar refractivity (Wildman–Crippen MR) is 86.5 cm³/mol. The quantitative estimate of drug-likeness (QED) is 0.541. The van der Waals surface area contributed by atoms with Crippen LogP contribution >= 0.6 is 23.1 Å². The van der Waals surface area contributed by atoms with E-state index >= 15 is 0 Å². The van der Waals surface area contributed by atoms with Crippen LogP contribution in [0.4, 0.5) is 5.13 Å². The summed E-state index contributed by atoms with van der Waals surface area (Å²) < 4.78 is 0.830. The maximum absolute atomic E-state index is 11.8. The number of carbonyl (C=O) groups is 1. The Morgan fingerprint density at radius 2 is 2.10 bits per heavy atom. The molecule has 5 nitrogen and oxygen atoms in total. The Hall–Kier alpha value is -0.820. The Morgan fingerprint density at radius 1 is 1.35 bits per heavy atom. The molecule has 0 spiro atoms. The summed E-state index contributed by atoms with van der Waals surface area (Å²) in [5.41, 5.74) is 0. The van der Waals surface area contributed by atoms with Gasteiger partial charge in [-0.2, -0.15) is 0 Å². The molecular weight excluding hydrogens is 292 g/mol. The number of nitrogens with zero attached hydrogens (tertiary/aromatic N) is 2. The number of thioether (sulfide) groups is 1. The molecule has 0 saturated heterocycles. The molecule has 7 heteroatoms. The highest BCUT2D eigenvalue weighted by Crippen LogP contribution is 2.25. The number of aromatic nitrogens is 2. The molecule has 0 saturated carbocycles. The van der Waals surface area contributed by atoms with Gasteiger partial charge in [-0.1, -0.05) is 50.3 Å². The summed E-state index contributed by atoms with van der Waals surface area (Å²) in [7, 11) is 0. The summed E-state index contributed by atoms with van der Waals surface area (Å²) in [6.45, 7) is 9.28. The first-order valence-electron chi connectivity index (χ1n) is 7.02. The number of hydrogen-bond acceptors (Lipinski definition) is 6. The van der Waals surface area contributed by atoms with Gasteiger partial charge in [0.15, 0.2) is 4.34 Å². The normalized spacial score (nSPS) is 12.4. The van der Waals surface area contributed by atoms with Gasteiger partial charge >= 0.3 is 0 Å². The molecule has 1 unspecified atom stereocenters. The van der Waals surface area contributed by atoms with Gasteiger partial charge in [-0.3, -0.25) is 4.79 Å². The molecular formula is C13H24N4OS2. The van der Waals surface area contributed by atoms with E-state index in [0.717, 1.165) is 28.9 Å². The first kappa shape index (κ1) is 17.2. The number of hydrogen-bond donors (Lipinski definition) is 2. The molecule has 0 aliphatic heterocycles. The van der Waals surface area contributed by atoms with Crippen LogP contribution in [0.1, 0.15) is 40.5 Å². The van der Waals surface area contributed by atoms with E-state index in [1.807, 2.05) is 6.92 Å². The van der Waals surface area contributed by atoms with Crippen LogP contribution in [0.15, 0.2) is 4.34 Å². The number of anilines is 1. The zero-order chi connectivity index (χ0) is 15.0. The van der Waals surface area contributed by atoms with Gasteiger partial charge in [0.05, 0.1) is 5.75 Å². The minimum atomic E-state index is 0.0480. The minimum absolute atomic E-state index is 0.0480. The number of carbonyl (C=O) groups excluding carboxylic acids is 1. The first-order chi connectivity index (χ1) is 9.52. The van der Waals surface area contributed by atoms with Crippen LogP contribution < -0.4 is 10.6 Å². The molecule has 1 heterocycles. The van der Waals surface area contributed by atoms with Crippen molar-refractivity contribution in [3.63, 3.8) is 0 Å². The third-order valence-corrected chi connectivity index (χ3v) is 4.94. The maximum Gasteiger partial charge on any atom is 0.230 e. The van der Waals surface area contributed by atoms with Gasteiger partial charge in [0.1, 0.15) is 0 Å². The molecule has 0 aliphatic carbocycles. The average molecular weight is 316 g/mol. The highest BCUT2D eigenvalue weighted by Gasteiger charge is 2.12. The monoisotopic (exact) mass is 316 g/mol. The van der Waals surface area contributed by atoms with E-state index in [1.54, 1.807) is 0 Å². The van der Waals surface area contributed by atoms with Crippen molar-refractivity contribution in [2.45, 2.75) is 50.9 Å². The summed E-state index contributed by atoms with van der Waals surface area (Å²) in [6.07, 6.45) is 2.28. The van der Waals surface area contributed by atoms with Crippen molar-refractivity contribution in [2.24, 2.45) is 5.92 Å². The Labute approximate surface area is 129 Å². The lowest BCUT2D eigenvalue weighted by atomic mass is 10.1. The molecule has 0 bridgehead atoms. The van der Waals surface area contributed by atoms with Gasteiger partial charge in [0, 0.05) is 12.6 Å². The van der Waals surface area contributed by atoms with E-state index in [4.69, 9.17) is 0 Å². The number of rotatable bonds is 9. The summed E-state index contributed by atoms with van der Waals surface area (Å²) in [5, 5.41) is 15.2. The van der Waals surface area contributed by atoms with Crippen molar-refractivity contribution in [1.82, 2.24) is 15.5 Å². The van der Waals surface area contributed by atoms with Gasteiger partial charge in [-0.05, 0) is 19.3 Å². The van der Waals surface area contributed by atoms with E-state index in [9.17, 15) is 4.79 Å². The summed E-state index contributed by atoms with van der Waals surface area (Å²) in [4.78, 5) is 11.8. The van der Waals surface area contributed by atoms with Crippen LogP contribution in [-0.4, -0.2) is 34.4 Å². The standard InChI is InChI=1S/C13H24N4OS2/c1-5-6-7-14-12-16-17-13(20-12)19-8-11(18)15-10(4)9(2)3/h9-10H,5-8H2,1-4H3,(H,14,16)(H,15,18). The summed E-state index contributed by atoms with van der Waals surface area (Å²) >= 11 is 2.94. The highest BCUT2D eigenvalue weighted by atomic mass is 32.2. The lowest BCUT2D eigenvalue weighted by Crippen LogP contribution is -2.37. The molecule has 0 radical (unpaired) electrons. The van der Waals surface area contributed by atoms with E-state index in [-0.39, 0.29) is 11.9 Å². The molecule has 1 rings (SSSR count). The lowest BCUT2D eigenvalue weighted by Gasteiger charge is -2.16. The zero-order valence-electron chi connectivity index (χ0n) is 12.6. The second-order valence-electron chi connectivity index (χ2n) is 5.04. The zero-order valence-corrected chi connectivity index (χ0v) is 14.2. The third-order valence-electron chi connectivity index (χ3n) is 2.93. The van der Waals surface area contributed by atoms with Crippen LogP contribution in [0.2, 0.25) is 0 Å². The molecule has 0 aliphatic rings. The van der Waals surface area contributed by atoms with Crippen LogP contribution in [0.5, 0.6) is 0 Å². The van der Waals surface area contributed by atoms with Crippen LogP contribution in [0, 0.1) is 5.92 Å². The maximum atomic E-state index is 11.8. The number of nitrogens with one attached hydrogen (secondary N) is 2. The van der Waals surface area contributed by atoms with Crippen molar-refractivity contribution >= 4 is 34.1 Å². The number of unbranched alkanes of at least 4 members (excludes halogenated alkanes) is 1. The van der Waals surface area contributed by atoms with E-state index < -0.39 is 0 Å². The molecule has 0 fully saturated rings. The lowest BCUT2D eigenvalue weighted by molar-refractivity contribution is -0.119. The van der Waals surface area contributed by atoms with Crippen LogP contribution in [0.25, 0.3) is 0 Å². The predicted octanol–water partition coefficient (Wildman–Crippen LogP) is 3.00. The smallest absolute Gasteiger partial charge is 0.230 e. The van der Waals surface area contributed by atoms with Crippen LogP contribution in [-0.2, 0) is 4.79 Å². The number of amides is 1. The Balaban J connectivity index is 2.29. The fraction of sp³-hybridized carbons (Fsp3) is 0.769. The largest absolute Gasteiger partial charge is 0.360 e. The van der Waals surface area contributed by atoms with Gasteiger partial charge < -0.3 is 10.6 Å². The second-order valence-corrected chi connectivity index (χ2v) is 7.24. The first-order valence-corrected chi connectivity index (χ1v) is 8.82. The second kappa shape index (κ2) is 9.18. The highest BCUT2D eigenvalue weighted by molar-refractivity contribution is 8.01. The van der Waals surface area contributed by atoms with Crippen molar-refractivity contribution in [3.05, 3.63) is 0 Å². The van der Waals surface area contributed by atoms with Gasteiger partial charge in [-0.25, -0.2) is 0 Å². The average Bonchev–Trinajstić information content (AvgIpc) is 2.84. The molecule has 2 N–H and O–H groups in total.